The number of anilines is 1. The van der Waals surface area contributed by atoms with Crippen LogP contribution in [0.3, 0.4) is 0 Å². The Morgan fingerprint density at radius 1 is 1.29 bits per heavy atom. The van der Waals surface area contributed by atoms with E-state index in [1.807, 2.05) is 13.0 Å². The van der Waals surface area contributed by atoms with Crippen molar-refractivity contribution < 1.29 is 4.39 Å². The summed E-state index contributed by atoms with van der Waals surface area (Å²) in [5.41, 5.74) is 1.37. The zero-order chi connectivity index (χ0) is 12.3. The molecule has 0 aliphatic heterocycles. The number of nitrogens with zero attached hydrogens (tertiary/aromatic N) is 2. The molecular formula is C12H11BrFN3. The Hall–Kier alpha value is -1.49. The second kappa shape index (κ2) is 5.23. The smallest absolute Gasteiger partial charge is 0.129 e. The fraction of sp³-hybridized carbons (Fsp3) is 0.167. The summed E-state index contributed by atoms with van der Waals surface area (Å²) >= 11 is 3.23. The van der Waals surface area contributed by atoms with Crippen molar-refractivity contribution in [3.05, 3.63) is 52.8 Å². The van der Waals surface area contributed by atoms with Crippen molar-refractivity contribution in [2.24, 2.45) is 0 Å². The standard InChI is InChI=1S/C12H11BrFN3/c1-8(17-10-5-15-7-16-6-10)11-3-2-9(13)4-12(11)14/h2-8,17H,1H3. The third kappa shape index (κ3) is 3.00. The largest absolute Gasteiger partial charge is 0.376 e. The molecule has 2 aromatic rings. The van der Waals surface area contributed by atoms with Crippen molar-refractivity contribution in [1.82, 2.24) is 9.97 Å². The number of benzene rings is 1. The molecule has 0 spiro atoms. The van der Waals surface area contributed by atoms with Crippen LogP contribution in [0.1, 0.15) is 18.5 Å². The molecule has 5 heteroatoms. The van der Waals surface area contributed by atoms with Gasteiger partial charge in [-0.1, -0.05) is 22.0 Å². The lowest BCUT2D eigenvalue weighted by molar-refractivity contribution is 0.599. The highest BCUT2D eigenvalue weighted by Crippen LogP contribution is 2.23. The summed E-state index contributed by atoms with van der Waals surface area (Å²) in [4.78, 5) is 7.79. The van der Waals surface area contributed by atoms with Crippen LogP contribution in [0.2, 0.25) is 0 Å². The number of aromatic nitrogens is 2. The molecule has 1 atom stereocenters. The minimum Gasteiger partial charge on any atom is -0.376 e. The predicted octanol–water partition coefficient (Wildman–Crippen LogP) is 3.55. The molecule has 1 N–H and O–H groups in total. The number of hydrogen-bond acceptors (Lipinski definition) is 3. The van der Waals surface area contributed by atoms with E-state index in [1.165, 1.54) is 12.4 Å². The minimum atomic E-state index is -0.240. The number of hydrogen-bond donors (Lipinski definition) is 1. The van der Waals surface area contributed by atoms with Gasteiger partial charge in [0, 0.05) is 10.0 Å². The molecule has 1 aromatic carbocycles. The Balaban J connectivity index is 2.17. The van der Waals surface area contributed by atoms with E-state index in [0.29, 0.717) is 5.56 Å². The zero-order valence-corrected chi connectivity index (χ0v) is 10.8. The fourth-order valence-electron chi connectivity index (χ4n) is 1.55. The fourth-order valence-corrected chi connectivity index (χ4v) is 1.89. The number of rotatable bonds is 3. The number of nitrogens with one attached hydrogen (secondary N) is 1. The van der Waals surface area contributed by atoms with Crippen LogP contribution < -0.4 is 5.32 Å². The van der Waals surface area contributed by atoms with E-state index in [1.54, 1.807) is 18.5 Å². The van der Waals surface area contributed by atoms with Crippen molar-refractivity contribution in [2.75, 3.05) is 5.32 Å². The third-order valence-electron chi connectivity index (χ3n) is 2.37. The normalized spacial score (nSPS) is 12.2. The van der Waals surface area contributed by atoms with Crippen LogP contribution in [0.25, 0.3) is 0 Å². The van der Waals surface area contributed by atoms with Gasteiger partial charge in [-0.3, -0.25) is 0 Å². The second-order valence-electron chi connectivity index (χ2n) is 3.66. The Kier molecular flexibility index (Phi) is 3.68. The molecule has 2 rings (SSSR count). The first-order chi connectivity index (χ1) is 8.16. The van der Waals surface area contributed by atoms with E-state index in [-0.39, 0.29) is 11.9 Å². The maximum absolute atomic E-state index is 13.7. The van der Waals surface area contributed by atoms with Crippen LogP contribution in [0.15, 0.2) is 41.4 Å². The molecule has 0 fully saturated rings. The van der Waals surface area contributed by atoms with Crippen LogP contribution in [-0.4, -0.2) is 9.97 Å². The molecule has 88 valence electrons. The van der Waals surface area contributed by atoms with Gasteiger partial charge in [-0.05, 0) is 19.1 Å². The van der Waals surface area contributed by atoms with E-state index in [4.69, 9.17) is 0 Å². The van der Waals surface area contributed by atoms with Gasteiger partial charge in [0.2, 0.25) is 0 Å². The Morgan fingerprint density at radius 2 is 2.00 bits per heavy atom. The lowest BCUT2D eigenvalue weighted by Crippen LogP contribution is -2.08. The van der Waals surface area contributed by atoms with Gasteiger partial charge in [0.05, 0.1) is 24.1 Å². The number of halogens is 2. The molecule has 0 radical (unpaired) electrons. The summed E-state index contributed by atoms with van der Waals surface area (Å²) in [5.74, 6) is -0.240. The summed E-state index contributed by atoms with van der Waals surface area (Å²) in [6.07, 6.45) is 4.76. The molecule has 1 heterocycles. The monoisotopic (exact) mass is 295 g/mol. The lowest BCUT2D eigenvalue weighted by Gasteiger charge is -2.15. The van der Waals surface area contributed by atoms with E-state index < -0.39 is 0 Å². The van der Waals surface area contributed by atoms with Gasteiger partial charge in [-0.25, -0.2) is 14.4 Å². The molecule has 0 amide bonds. The van der Waals surface area contributed by atoms with Crippen LogP contribution in [0.4, 0.5) is 10.1 Å². The summed E-state index contributed by atoms with van der Waals surface area (Å²) < 4.78 is 14.4. The molecule has 1 aromatic heterocycles. The maximum atomic E-state index is 13.7. The molecule has 17 heavy (non-hydrogen) atoms. The van der Waals surface area contributed by atoms with Crippen LogP contribution >= 0.6 is 15.9 Å². The molecule has 1 unspecified atom stereocenters. The average molecular weight is 296 g/mol. The van der Waals surface area contributed by atoms with Gasteiger partial charge >= 0.3 is 0 Å². The highest BCUT2D eigenvalue weighted by molar-refractivity contribution is 9.10. The molecule has 0 saturated heterocycles. The van der Waals surface area contributed by atoms with Gasteiger partial charge in [0.15, 0.2) is 0 Å². The molecule has 0 aliphatic rings. The summed E-state index contributed by atoms with van der Waals surface area (Å²) in [7, 11) is 0. The average Bonchev–Trinajstić information content (AvgIpc) is 2.30. The highest BCUT2D eigenvalue weighted by atomic mass is 79.9. The molecule has 0 bridgehead atoms. The topological polar surface area (TPSA) is 37.8 Å². The SMILES string of the molecule is CC(Nc1cncnc1)c1ccc(Br)cc1F. The van der Waals surface area contributed by atoms with Crippen molar-refractivity contribution in [3.8, 4) is 0 Å². The van der Waals surface area contributed by atoms with Crippen molar-refractivity contribution >= 4 is 21.6 Å². The Bertz CT molecular complexity index is 504. The summed E-state index contributed by atoms with van der Waals surface area (Å²) in [6.45, 7) is 1.89. The molecule has 3 nitrogen and oxygen atoms in total. The Morgan fingerprint density at radius 3 is 2.65 bits per heavy atom. The van der Waals surface area contributed by atoms with Crippen LogP contribution in [0.5, 0.6) is 0 Å². The van der Waals surface area contributed by atoms with Crippen molar-refractivity contribution in [2.45, 2.75) is 13.0 Å². The van der Waals surface area contributed by atoms with Gasteiger partial charge in [-0.15, -0.1) is 0 Å². The highest BCUT2D eigenvalue weighted by Gasteiger charge is 2.11. The van der Waals surface area contributed by atoms with Gasteiger partial charge in [0.25, 0.3) is 0 Å². The Labute approximate surface area is 107 Å². The van der Waals surface area contributed by atoms with E-state index >= 15 is 0 Å². The first-order valence-electron chi connectivity index (χ1n) is 5.13. The molecule has 0 aliphatic carbocycles. The maximum Gasteiger partial charge on any atom is 0.129 e. The lowest BCUT2D eigenvalue weighted by atomic mass is 10.1. The van der Waals surface area contributed by atoms with E-state index in [0.717, 1.165) is 10.2 Å². The predicted molar refractivity (Wildman–Crippen MR) is 68.2 cm³/mol. The van der Waals surface area contributed by atoms with Crippen LogP contribution in [0, 0.1) is 5.82 Å². The summed E-state index contributed by atoms with van der Waals surface area (Å²) in [5, 5.41) is 3.14. The quantitative estimate of drug-likeness (QED) is 0.941. The first kappa shape index (κ1) is 12.0. The van der Waals surface area contributed by atoms with Crippen molar-refractivity contribution in [3.63, 3.8) is 0 Å². The van der Waals surface area contributed by atoms with Gasteiger partial charge in [0.1, 0.15) is 12.1 Å². The zero-order valence-electron chi connectivity index (χ0n) is 9.19. The summed E-state index contributed by atoms with van der Waals surface area (Å²) in [6, 6.07) is 4.88. The van der Waals surface area contributed by atoms with Crippen molar-refractivity contribution in [1.29, 1.82) is 0 Å². The van der Waals surface area contributed by atoms with Gasteiger partial charge in [-0.2, -0.15) is 0 Å². The van der Waals surface area contributed by atoms with E-state index in [2.05, 4.69) is 31.2 Å². The first-order valence-corrected chi connectivity index (χ1v) is 5.92. The minimum absolute atomic E-state index is 0.144. The molecular weight excluding hydrogens is 285 g/mol. The third-order valence-corrected chi connectivity index (χ3v) is 2.87. The van der Waals surface area contributed by atoms with E-state index in [9.17, 15) is 4.39 Å². The van der Waals surface area contributed by atoms with Gasteiger partial charge < -0.3 is 5.32 Å². The second-order valence-corrected chi connectivity index (χ2v) is 4.57. The van der Waals surface area contributed by atoms with Crippen LogP contribution in [-0.2, 0) is 0 Å². The molecule has 0 saturated carbocycles.